The van der Waals surface area contributed by atoms with Crippen LogP contribution in [0.15, 0.2) is 77.8 Å². The Kier molecular flexibility index (Phi) is 8.36. The van der Waals surface area contributed by atoms with E-state index < -0.39 is 0 Å². The third-order valence-corrected chi connectivity index (χ3v) is 6.30. The van der Waals surface area contributed by atoms with E-state index in [0.717, 1.165) is 19.8 Å². The summed E-state index contributed by atoms with van der Waals surface area (Å²) < 4.78 is 14.1. The summed E-state index contributed by atoms with van der Waals surface area (Å²) in [5.74, 6) is -0.754. The number of carbonyl (C=O) groups is 2. The first-order valence-corrected chi connectivity index (χ1v) is 11.7. The van der Waals surface area contributed by atoms with Crippen LogP contribution in [0.1, 0.15) is 25.7 Å². The second kappa shape index (κ2) is 11.2. The minimum Gasteiger partial charge on any atom is -0.332 e. The van der Waals surface area contributed by atoms with Gasteiger partial charge in [0, 0.05) is 32.9 Å². The molecule has 0 saturated heterocycles. The fraction of sp³-hybridized carbons (Fsp3) is 0.200. The van der Waals surface area contributed by atoms with Gasteiger partial charge in [-0.3, -0.25) is 9.59 Å². The van der Waals surface area contributed by atoms with Crippen LogP contribution in [0.5, 0.6) is 0 Å². The van der Waals surface area contributed by atoms with Crippen LogP contribution in [-0.2, 0) is 17.9 Å². The molecule has 2 aromatic carbocycles. The lowest BCUT2D eigenvalue weighted by molar-refractivity contribution is -0.133. The van der Waals surface area contributed by atoms with E-state index >= 15 is 0 Å². The lowest BCUT2D eigenvalue weighted by Gasteiger charge is -2.27. The Morgan fingerprint density at radius 2 is 1.81 bits per heavy atom. The molecule has 3 aromatic rings. The monoisotopic (exact) mass is 514 g/mol. The van der Waals surface area contributed by atoms with Crippen molar-refractivity contribution in [3.63, 3.8) is 0 Å². The summed E-state index contributed by atoms with van der Waals surface area (Å²) in [6, 6.07) is 17.2. The average Bonchev–Trinajstić information content (AvgIpc) is 3.18. The standard InChI is InChI=1S/C25H24BrFN2O2S/c1-3-13-28(25(31)20-5-4-6-21(26)14-20)17-24(30)29(16-23-12-7-18(2)32-23)15-19-8-10-22(27)11-9-19/h3-12,14H,1,13,15-17H2,2H3. The fourth-order valence-electron chi connectivity index (χ4n) is 3.24. The van der Waals surface area contributed by atoms with Gasteiger partial charge in [0.05, 0.1) is 6.54 Å². The molecule has 0 aliphatic carbocycles. The van der Waals surface area contributed by atoms with E-state index in [0.29, 0.717) is 18.7 Å². The number of rotatable bonds is 9. The Morgan fingerprint density at radius 1 is 1.06 bits per heavy atom. The van der Waals surface area contributed by atoms with Crippen molar-refractivity contribution >= 4 is 39.1 Å². The SMILES string of the molecule is C=CCN(CC(=O)N(Cc1ccc(F)cc1)Cc1ccc(C)s1)C(=O)c1cccc(Br)c1. The second-order valence-electron chi connectivity index (χ2n) is 7.37. The summed E-state index contributed by atoms with van der Waals surface area (Å²) in [7, 11) is 0. The van der Waals surface area contributed by atoms with Crippen molar-refractivity contribution in [2.75, 3.05) is 13.1 Å². The third kappa shape index (κ3) is 6.61. The maximum absolute atomic E-state index is 13.3. The number of thiophene rings is 1. The lowest BCUT2D eigenvalue weighted by atomic mass is 10.2. The molecule has 0 aliphatic rings. The molecule has 0 spiro atoms. The maximum Gasteiger partial charge on any atom is 0.254 e. The quantitative estimate of drug-likeness (QED) is 0.337. The predicted octanol–water partition coefficient (Wildman–Crippen LogP) is 5.82. The van der Waals surface area contributed by atoms with Gasteiger partial charge in [-0.1, -0.05) is 40.2 Å². The van der Waals surface area contributed by atoms with Crippen LogP contribution in [0.25, 0.3) is 0 Å². The van der Waals surface area contributed by atoms with Gasteiger partial charge in [-0.2, -0.15) is 0 Å². The van der Waals surface area contributed by atoms with Crippen molar-refractivity contribution < 1.29 is 14.0 Å². The van der Waals surface area contributed by atoms with E-state index in [4.69, 9.17) is 0 Å². The third-order valence-electron chi connectivity index (χ3n) is 4.82. The van der Waals surface area contributed by atoms with Crippen LogP contribution in [0.4, 0.5) is 4.39 Å². The summed E-state index contributed by atoms with van der Waals surface area (Å²) >= 11 is 5.01. The van der Waals surface area contributed by atoms with Crippen LogP contribution in [0, 0.1) is 12.7 Å². The largest absolute Gasteiger partial charge is 0.332 e. The second-order valence-corrected chi connectivity index (χ2v) is 9.66. The molecule has 0 saturated carbocycles. The topological polar surface area (TPSA) is 40.6 Å². The van der Waals surface area contributed by atoms with E-state index in [1.54, 1.807) is 52.6 Å². The smallest absolute Gasteiger partial charge is 0.254 e. The number of hydrogen-bond donors (Lipinski definition) is 0. The molecular formula is C25H24BrFN2O2S. The van der Waals surface area contributed by atoms with Crippen LogP contribution >= 0.6 is 27.3 Å². The van der Waals surface area contributed by atoms with E-state index in [1.807, 2.05) is 25.1 Å². The molecule has 166 valence electrons. The van der Waals surface area contributed by atoms with Gasteiger partial charge in [-0.25, -0.2) is 4.39 Å². The number of halogens is 2. The summed E-state index contributed by atoms with van der Waals surface area (Å²) in [6.07, 6.45) is 1.61. The van der Waals surface area contributed by atoms with Gasteiger partial charge >= 0.3 is 0 Å². The Bertz CT molecular complexity index is 1100. The number of benzene rings is 2. The van der Waals surface area contributed by atoms with Crippen molar-refractivity contribution in [1.29, 1.82) is 0 Å². The molecule has 0 radical (unpaired) electrons. The normalized spacial score (nSPS) is 10.6. The molecule has 1 heterocycles. The molecule has 0 atom stereocenters. The predicted molar refractivity (Wildman–Crippen MR) is 130 cm³/mol. The Morgan fingerprint density at radius 3 is 2.44 bits per heavy atom. The van der Waals surface area contributed by atoms with Crippen molar-refractivity contribution in [3.05, 3.63) is 104 Å². The molecule has 0 N–H and O–H groups in total. The van der Waals surface area contributed by atoms with Gasteiger partial charge in [0.25, 0.3) is 5.91 Å². The molecule has 2 amide bonds. The number of hydrogen-bond acceptors (Lipinski definition) is 3. The Balaban J connectivity index is 1.81. The van der Waals surface area contributed by atoms with Gasteiger partial charge in [0.1, 0.15) is 12.4 Å². The fourth-order valence-corrected chi connectivity index (χ4v) is 4.55. The van der Waals surface area contributed by atoms with Crippen LogP contribution in [-0.4, -0.2) is 34.7 Å². The zero-order valence-corrected chi connectivity index (χ0v) is 20.2. The van der Waals surface area contributed by atoms with Crippen molar-refractivity contribution in [2.45, 2.75) is 20.0 Å². The zero-order chi connectivity index (χ0) is 23.1. The highest BCUT2D eigenvalue weighted by atomic mass is 79.9. The van der Waals surface area contributed by atoms with Crippen molar-refractivity contribution in [2.24, 2.45) is 0 Å². The zero-order valence-electron chi connectivity index (χ0n) is 17.8. The summed E-state index contributed by atoms with van der Waals surface area (Å²) in [5, 5.41) is 0. The summed E-state index contributed by atoms with van der Waals surface area (Å²) in [6.45, 7) is 6.66. The molecule has 4 nitrogen and oxygen atoms in total. The van der Waals surface area contributed by atoms with Gasteiger partial charge in [-0.15, -0.1) is 17.9 Å². The number of aryl methyl sites for hydroxylation is 1. The highest BCUT2D eigenvalue weighted by Crippen LogP contribution is 2.20. The van der Waals surface area contributed by atoms with Gasteiger partial charge in [-0.05, 0) is 55.0 Å². The Labute approximate surface area is 200 Å². The van der Waals surface area contributed by atoms with Gasteiger partial charge in [0.15, 0.2) is 0 Å². The first-order valence-electron chi connectivity index (χ1n) is 10.1. The molecule has 32 heavy (non-hydrogen) atoms. The van der Waals surface area contributed by atoms with E-state index in [-0.39, 0.29) is 30.7 Å². The van der Waals surface area contributed by atoms with Crippen LogP contribution < -0.4 is 0 Å². The van der Waals surface area contributed by atoms with Crippen LogP contribution in [0.2, 0.25) is 0 Å². The molecule has 0 unspecified atom stereocenters. The van der Waals surface area contributed by atoms with E-state index in [9.17, 15) is 14.0 Å². The number of amides is 2. The number of carbonyl (C=O) groups excluding carboxylic acids is 2. The number of nitrogens with zero attached hydrogens (tertiary/aromatic N) is 2. The van der Waals surface area contributed by atoms with E-state index in [1.165, 1.54) is 17.0 Å². The van der Waals surface area contributed by atoms with E-state index in [2.05, 4.69) is 22.5 Å². The molecule has 1 aromatic heterocycles. The Hall–Kier alpha value is -2.77. The average molecular weight is 515 g/mol. The first-order chi connectivity index (χ1) is 15.4. The van der Waals surface area contributed by atoms with Gasteiger partial charge < -0.3 is 9.80 Å². The molecule has 7 heteroatoms. The van der Waals surface area contributed by atoms with Gasteiger partial charge in [0.2, 0.25) is 5.91 Å². The summed E-state index contributed by atoms with van der Waals surface area (Å²) in [4.78, 5) is 31.8. The maximum atomic E-state index is 13.3. The van der Waals surface area contributed by atoms with Crippen molar-refractivity contribution in [3.8, 4) is 0 Å². The molecule has 0 bridgehead atoms. The van der Waals surface area contributed by atoms with Crippen LogP contribution in [0.3, 0.4) is 0 Å². The first kappa shape index (κ1) is 23.9. The minimum absolute atomic E-state index is 0.0804. The molecule has 3 rings (SSSR count). The highest BCUT2D eigenvalue weighted by molar-refractivity contribution is 9.10. The molecular weight excluding hydrogens is 491 g/mol. The van der Waals surface area contributed by atoms with Crippen molar-refractivity contribution in [1.82, 2.24) is 9.80 Å². The minimum atomic E-state index is -0.322. The summed E-state index contributed by atoms with van der Waals surface area (Å²) in [5.41, 5.74) is 1.31. The highest BCUT2D eigenvalue weighted by Gasteiger charge is 2.22. The molecule has 0 fully saturated rings. The molecule has 0 aliphatic heterocycles. The lowest BCUT2D eigenvalue weighted by Crippen LogP contribution is -2.42.